The normalized spacial score (nSPS) is 25.7. The van der Waals surface area contributed by atoms with Crippen molar-refractivity contribution in [2.45, 2.75) is 37.1 Å². The smallest absolute Gasteiger partial charge is 0.416 e. The van der Waals surface area contributed by atoms with Crippen LogP contribution in [0.3, 0.4) is 0 Å². The molecule has 0 spiro atoms. The van der Waals surface area contributed by atoms with Gasteiger partial charge in [-0.2, -0.15) is 13.2 Å². The number of benzene rings is 2. The third kappa shape index (κ3) is 4.75. The fourth-order valence-electron chi connectivity index (χ4n) is 3.64. The van der Waals surface area contributed by atoms with Crippen LogP contribution >= 0.6 is 0 Å². The molecule has 1 amide bonds. The maximum Gasteiger partial charge on any atom is 0.416 e. The van der Waals surface area contributed by atoms with Crippen molar-refractivity contribution < 1.29 is 32.2 Å². The van der Waals surface area contributed by atoms with Crippen molar-refractivity contribution in [2.75, 3.05) is 18.5 Å². The summed E-state index contributed by atoms with van der Waals surface area (Å²) in [5.74, 6) is 0. The summed E-state index contributed by atoms with van der Waals surface area (Å²) in [5.41, 5.74) is 0.281. The van der Waals surface area contributed by atoms with Gasteiger partial charge in [0.2, 0.25) is 0 Å². The molecule has 2 aromatic rings. The van der Waals surface area contributed by atoms with Gasteiger partial charge in [0, 0.05) is 12.2 Å². The molecule has 0 aliphatic carbocycles. The SMILES string of the molecule is O=C(Nc1cccc(C(F)(F)F)c1)O[C@@H]1CO[C@H]2[C@@H]1OC[C@@H]2NCc1ccccc1. The first kappa shape index (κ1) is 20.6. The highest BCUT2D eigenvalue weighted by Crippen LogP contribution is 2.31. The molecule has 6 nitrogen and oxygen atoms in total. The number of nitrogens with one attached hydrogen (secondary N) is 2. The minimum absolute atomic E-state index is 0.0000323. The maximum absolute atomic E-state index is 12.8. The van der Waals surface area contributed by atoms with Crippen LogP contribution in [0.4, 0.5) is 23.7 Å². The average molecular weight is 422 g/mol. The molecule has 2 saturated heterocycles. The number of amides is 1. The number of fused-ring (bicyclic) bond motifs is 1. The second-order valence-electron chi connectivity index (χ2n) is 7.22. The van der Waals surface area contributed by atoms with Gasteiger partial charge in [-0.3, -0.25) is 5.32 Å². The second kappa shape index (κ2) is 8.63. The van der Waals surface area contributed by atoms with Gasteiger partial charge < -0.3 is 19.5 Å². The summed E-state index contributed by atoms with van der Waals surface area (Å²) in [7, 11) is 0. The van der Waals surface area contributed by atoms with Crippen LogP contribution in [-0.2, 0) is 26.9 Å². The first-order valence-electron chi connectivity index (χ1n) is 9.55. The highest BCUT2D eigenvalue weighted by molar-refractivity contribution is 5.84. The van der Waals surface area contributed by atoms with Crippen LogP contribution in [0.2, 0.25) is 0 Å². The van der Waals surface area contributed by atoms with Crippen LogP contribution in [0.1, 0.15) is 11.1 Å². The molecule has 0 saturated carbocycles. The van der Waals surface area contributed by atoms with E-state index in [4.69, 9.17) is 14.2 Å². The van der Waals surface area contributed by atoms with Gasteiger partial charge in [0.1, 0.15) is 12.2 Å². The Hall–Kier alpha value is -2.62. The van der Waals surface area contributed by atoms with Gasteiger partial charge >= 0.3 is 12.3 Å². The predicted octanol–water partition coefficient (Wildman–Crippen LogP) is 3.58. The van der Waals surface area contributed by atoms with Crippen molar-refractivity contribution in [3.63, 3.8) is 0 Å². The third-order valence-corrected chi connectivity index (χ3v) is 5.11. The van der Waals surface area contributed by atoms with Gasteiger partial charge in [-0.15, -0.1) is 0 Å². The third-order valence-electron chi connectivity index (χ3n) is 5.11. The van der Waals surface area contributed by atoms with E-state index in [1.165, 1.54) is 12.1 Å². The van der Waals surface area contributed by atoms with E-state index in [0.29, 0.717) is 13.2 Å². The maximum atomic E-state index is 12.8. The number of anilines is 1. The van der Waals surface area contributed by atoms with E-state index < -0.39 is 30.0 Å². The molecule has 2 fully saturated rings. The van der Waals surface area contributed by atoms with Crippen molar-refractivity contribution in [3.05, 3.63) is 65.7 Å². The first-order valence-corrected chi connectivity index (χ1v) is 9.55. The van der Waals surface area contributed by atoms with Gasteiger partial charge in [0.25, 0.3) is 0 Å². The minimum Gasteiger partial charge on any atom is -0.441 e. The predicted molar refractivity (Wildman–Crippen MR) is 102 cm³/mol. The summed E-state index contributed by atoms with van der Waals surface area (Å²) in [4.78, 5) is 12.2. The highest BCUT2D eigenvalue weighted by atomic mass is 19.4. The van der Waals surface area contributed by atoms with Crippen LogP contribution in [0.25, 0.3) is 0 Å². The number of halogens is 3. The van der Waals surface area contributed by atoms with E-state index >= 15 is 0 Å². The lowest BCUT2D eigenvalue weighted by Crippen LogP contribution is -2.41. The summed E-state index contributed by atoms with van der Waals surface area (Å²) in [6.45, 7) is 1.23. The lowest BCUT2D eigenvalue weighted by atomic mass is 10.1. The largest absolute Gasteiger partial charge is 0.441 e. The van der Waals surface area contributed by atoms with Gasteiger partial charge in [-0.25, -0.2) is 4.79 Å². The molecule has 2 aliphatic rings. The molecule has 2 N–H and O–H groups in total. The molecule has 2 heterocycles. The quantitative estimate of drug-likeness (QED) is 0.771. The Labute approximate surface area is 171 Å². The molecule has 4 rings (SSSR count). The molecule has 0 unspecified atom stereocenters. The fourth-order valence-corrected chi connectivity index (χ4v) is 3.64. The number of carbonyl (C=O) groups is 1. The first-order chi connectivity index (χ1) is 14.4. The monoisotopic (exact) mass is 422 g/mol. The Kier molecular flexibility index (Phi) is 5.94. The Morgan fingerprint density at radius 3 is 2.57 bits per heavy atom. The van der Waals surface area contributed by atoms with E-state index in [0.717, 1.165) is 17.7 Å². The molecule has 160 valence electrons. The zero-order valence-corrected chi connectivity index (χ0v) is 15.9. The standard InChI is InChI=1S/C21H21F3N2O4/c22-21(23,24)14-7-4-8-15(9-14)26-20(27)30-17-12-29-18-16(11-28-19(17)18)25-10-13-5-2-1-3-6-13/h1-9,16-19,25H,10-12H2,(H,26,27)/t16-,17+,18+,19+/m0/s1. The van der Waals surface area contributed by atoms with E-state index in [1.54, 1.807) is 0 Å². The van der Waals surface area contributed by atoms with Crippen molar-refractivity contribution in [2.24, 2.45) is 0 Å². The van der Waals surface area contributed by atoms with Crippen LogP contribution in [0, 0.1) is 0 Å². The number of hydrogen-bond acceptors (Lipinski definition) is 5. The highest BCUT2D eigenvalue weighted by Gasteiger charge is 2.49. The van der Waals surface area contributed by atoms with E-state index in [9.17, 15) is 18.0 Å². The van der Waals surface area contributed by atoms with Gasteiger partial charge in [0.15, 0.2) is 6.10 Å². The molecule has 2 aromatic carbocycles. The molecular formula is C21H21F3N2O4. The lowest BCUT2D eigenvalue weighted by molar-refractivity contribution is -0.137. The van der Waals surface area contributed by atoms with Crippen LogP contribution < -0.4 is 10.6 Å². The molecule has 9 heteroatoms. The Bertz CT molecular complexity index is 878. The molecule has 0 radical (unpaired) electrons. The van der Waals surface area contributed by atoms with Crippen molar-refractivity contribution in [1.82, 2.24) is 5.32 Å². The van der Waals surface area contributed by atoms with Crippen LogP contribution in [-0.4, -0.2) is 43.7 Å². The molecule has 0 bridgehead atoms. The van der Waals surface area contributed by atoms with Gasteiger partial charge in [-0.05, 0) is 23.8 Å². The lowest BCUT2D eigenvalue weighted by Gasteiger charge is -2.18. The Morgan fingerprint density at radius 2 is 1.80 bits per heavy atom. The van der Waals surface area contributed by atoms with Gasteiger partial charge in [-0.1, -0.05) is 36.4 Å². The van der Waals surface area contributed by atoms with Gasteiger partial charge in [0.05, 0.1) is 24.8 Å². The summed E-state index contributed by atoms with van der Waals surface area (Å²) in [6, 6.07) is 14.2. The molecular weight excluding hydrogens is 401 g/mol. The van der Waals surface area contributed by atoms with E-state index in [1.807, 2.05) is 30.3 Å². The topological polar surface area (TPSA) is 68.8 Å². The van der Waals surface area contributed by atoms with E-state index in [-0.39, 0.29) is 24.4 Å². The van der Waals surface area contributed by atoms with Crippen LogP contribution in [0.15, 0.2) is 54.6 Å². The second-order valence-corrected chi connectivity index (χ2v) is 7.22. The average Bonchev–Trinajstić information content (AvgIpc) is 3.30. The van der Waals surface area contributed by atoms with Crippen molar-refractivity contribution in [3.8, 4) is 0 Å². The summed E-state index contributed by atoms with van der Waals surface area (Å²) in [6.07, 6.45) is -6.67. The summed E-state index contributed by atoms with van der Waals surface area (Å²) in [5, 5.41) is 5.72. The fraction of sp³-hybridized carbons (Fsp3) is 0.381. The Morgan fingerprint density at radius 1 is 1.03 bits per heavy atom. The van der Waals surface area contributed by atoms with Crippen LogP contribution in [0.5, 0.6) is 0 Å². The molecule has 2 aliphatic heterocycles. The summed E-state index contributed by atoms with van der Waals surface area (Å²) < 4.78 is 55.3. The number of ether oxygens (including phenoxy) is 3. The number of carbonyl (C=O) groups excluding carboxylic acids is 1. The molecule has 30 heavy (non-hydrogen) atoms. The number of rotatable bonds is 5. The zero-order valence-electron chi connectivity index (χ0n) is 15.9. The zero-order chi connectivity index (χ0) is 21.1. The number of alkyl halides is 3. The van der Waals surface area contributed by atoms with E-state index in [2.05, 4.69) is 10.6 Å². The number of hydrogen-bond donors (Lipinski definition) is 2. The Balaban J connectivity index is 1.30. The van der Waals surface area contributed by atoms with Crippen molar-refractivity contribution in [1.29, 1.82) is 0 Å². The minimum atomic E-state index is -4.49. The van der Waals surface area contributed by atoms with Crippen molar-refractivity contribution >= 4 is 11.8 Å². The molecule has 0 aromatic heterocycles. The molecule has 4 atom stereocenters. The summed E-state index contributed by atoms with van der Waals surface area (Å²) >= 11 is 0.